The molecule has 0 unspecified atom stereocenters. The molecule has 2 fully saturated rings. The molecule has 2 N–H and O–H groups in total. The number of nitrogens with one attached hydrogen (secondary N) is 2. The maximum atomic E-state index is 5.35. The number of nitrogens with zero attached hydrogens (tertiary/aromatic N) is 6. The van der Waals surface area contributed by atoms with Gasteiger partial charge in [-0.05, 0) is 42.0 Å². The second-order valence-corrected chi connectivity index (χ2v) is 9.16. The molecule has 5 heterocycles. The van der Waals surface area contributed by atoms with Gasteiger partial charge in [0.2, 0.25) is 0 Å². The van der Waals surface area contributed by atoms with Gasteiger partial charge in [-0.3, -0.25) is 14.4 Å². The van der Waals surface area contributed by atoms with E-state index in [1.165, 1.54) is 5.69 Å². The van der Waals surface area contributed by atoms with Crippen LogP contribution in [-0.4, -0.2) is 74.9 Å². The highest BCUT2D eigenvalue weighted by Gasteiger charge is 2.28. The molecule has 0 amide bonds. The predicted molar refractivity (Wildman–Crippen MR) is 136 cm³/mol. The third kappa shape index (κ3) is 3.69. The predicted octanol–water partition coefficient (Wildman–Crippen LogP) is 3.54. The highest BCUT2D eigenvalue weighted by Crippen LogP contribution is 2.28. The van der Waals surface area contributed by atoms with E-state index in [-0.39, 0.29) is 0 Å². The summed E-state index contributed by atoms with van der Waals surface area (Å²) >= 11 is 0. The maximum Gasteiger partial charge on any atom is 0.180 e. The summed E-state index contributed by atoms with van der Waals surface area (Å²) in [6.45, 7) is 6.05. The maximum absolute atomic E-state index is 5.35. The number of hydrogen-bond donors (Lipinski definition) is 2. The molecule has 2 aromatic carbocycles. The van der Waals surface area contributed by atoms with Crippen LogP contribution >= 0.6 is 0 Å². The van der Waals surface area contributed by atoms with Gasteiger partial charge in [0.25, 0.3) is 0 Å². The van der Waals surface area contributed by atoms with Crippen molar-refractivity contribution in [2.24, 2.45) is 0 Å². The van der Waals surface area contributed by atoms with Crippen LogP contribution in [-0.2, 0) is 4.74 Å². The second kappa shape index (κ2) is 8.37. The number of aromatic nitrogens is 5. The lowest BCUT2D eigenvalue weighted by Crippen LogP contribution is -2.56. The lowest BCUT2D eigenvalue weighted by atomic mass is 10.1. The Kier molecular flexibility index (Phi) is 4.88. The Balaban J connectivity index is 1.12. The lowest BCUT2D eigenvalue weighted by molar-refractivity contribution is -0.0660. The summed E-state index contributed by atoms with van der Waals surface area (Å²) in [5, 5.41) is 10.4. The van der Waals surface area contributed by atoms with Gasteiger partial charge in [-0.15, -0.1) is 0 Å². The first-order chi connectivity index (χ1) is 17.3. The summed E-state index contributed by atoms with van der Waals surface area (Å²) in [5.74, 6) is 0.739. The van der Waals surface area contributed by atoms with Crippen molar-refractivity contribution in [3.63, 3.8) is 0 Å². The number of imidazole rings is 1. The third-order valence-corrected chi connectivity index (χ3v) is 7.10. The van der Waals surface area contributed by atoms with E-state index < -0.39 is 0 Å². The first-order valence-corrected chi connectivity index (χ1v) is 12.0. The normalized spacial score (nSPS) is 17.2. The topological polar surface area (TPSA) is 86.6 Å². The van der Waals surface area contributed by atoms with Gasteiger partial charge in [-0.25, -0.2) is 9.97 Å². The number of benzene rings is 2. The highest BCUT2D eigenvalue weighted by atomic mass is 16.5. The quantitative estimate of drug-likeness (QED) is 0.410. The molecule has 176 valence electrons. The van der Waals surface area contributed by atoms with Crippen molar-refractivity contribution in [2.75, 3.05) is 49.6 Å². The van der Waals surface area contributed by atoms with Gasteiger partial charge in [-0.1, -0.05) is 6.07 Å². The average molecular weight is 467 g/mol. The Morgan fingerprint density at radius 1 is 0.971 bits per heavy atom. The molecule has 5 aromatic rings. The van der Waals surface area contributed by atoms with E-state index in [9.17, 15) is 0 Å². The zero-order valence-electron chi connectivity index (χ0n) is 19.3. The van der Waals surface area contributed by atoms with Crippen molar-refractivity contribution in [2.45, 2.75) is 6.04 Å². The third-order valence-electron chi connectivity index (χ3n) is 7.10. The summed E-state index contributed by atoms with van der Waals surface area (Å²) in [6.07, 6.45) is 7.50. The van der Waals surface area contributed by atoms with Gasteiger partial charge in [0.05, 0.1) is 36.5 Å². The molecular formula is C26H26N8O. The fourth-order valence-corrected chi connectivity index (χ4v) is 5.00. The van der Waals surface area contributed by atoms with Gasteiger partial charge in [-0.2, -0.15) is 5.10 Å². The first kappa shape index (κ1) is 20.4. The summed E-state index contributed by atoms with van der Waals surface area (Å²) in [6, 6.07) is 15.5. The van der Waals surface area contributed by atoms with Crippen molar-refractivity contribution in [3.8, 4) is 11.1 Å². The molecule has 2 aliphatic rings. The number of rotatable bonds is 5. The molecule has 2 aliphatic heterocycles. The first-order valence-electron chi connectivity index (χ1n) is 12.0. The monoisotopic (exact) mass is 466 g/mol. The highest BCUT2D eigenvalue weighted by molar-refractivity contribution is 5.87. The molecule has 0 saturated carbocycles. The second-order valence-electron chi connectivity index (χ2n) is 9.16. The van der Waals surface area contributed by atoms with Gasteiger partial charge in [0, 0.05) is 61.7 Å². The number of hydrogen-bond acceptors (Lipinski definition) is 7. The molecule has 35 heavy (non-hydrogen) atoms. The van der Waals surface area contributed by atoms with Crippen LogP contribution in [0.25, 0.3) is 27.8 Å². The van der Waals surface area contributed by atoms with Crippen molar-refractivity contribution >= 4 is 33.9 Å². The van der Waals surface area contributed by atoms with Crippen LogP contribution in [0.15, 0.2) is 67.3 Å². The molecular weight excluding hydrogens is 440 g/mol. The number of H-pyrrole nitrogens is 1. The summed E-state index contributed by atoms with van der Waals surface area (Å²) in [5.41, 5.74) is 7.07. The van der Waals surface area contributed by atoms with Gasteiger partial charge in [0.1, 0.15) is 0 Å². The number of anilines is 3. The average Bonchev–Trinajstić information content (AvgIpc) is 3.57. The van der Waals surface area contributed by atoms with E-state index in [4.69, 9.17) is 9.72 Å². The Labute approximate surface area is 202 Å². The summed E-state index contributed by atoms with van der Waals surface area (Å²) < 4.78 is 7.43. The smallest absolute Gasteiger partial charge is 0.180 e. The van der Waals surface area contributed by atoms with E-state index in [0.717, 1.165) is 78.7 Å². The van der Waals surface area contributed by atoms with Crippen LogP contribution in [0.4, 0.5) is 17.2 Å². The van der Waals surface area contributed by atoms with Crippen LogP contribution in [0.3, 0.4) is 0 Å². The summed E-state index contributed by atoms with van der Waals surface area (Å²) in [7, 11) is 0. The Morgan fingerprint density at radius 3 is 2.57 bits per heavy atom. The van der Waals surface area contributed by atoms with E-state index in [2.05, 4.69) is 71.1 Å². The minimum absolute atomic E-state index is 0.620. The van der Waals surface area contributed by atoms with Gasteiger partial charge in [0.15, 0.2) is 11.5 Å². The van der Waals surface area contributed by atoms with E-state index in [1.54, 1.807) is 0 Å². The van der Waals surface area contributed by atoms with Crippen LogP contribution in [0.2, 0.25) is 0 Å². The van der Waals surface area contributed by atoms with Crippen molar-refractivity contribution < 1.29 is 4.74 Å². The minimum atomic E-state index is 0.620. The summed E-state index contributed by atoms with van der Waals surface area (Å²) in [4.78, 5) is 14.5. The van der Waals surface area contributed by atoms with Crippen LogP contribution in [0.5, 0.6) is 0 Å². The molecule has 0 atom stereocenters. The molecule has 9 heteroatoms. The van der Waals surface area contributed by atoms with Crippen LogP contribution in [0, 0.1) is 0 Å². The lowest BCUT2D eigenvalue weighted by Gasteiger charge is -2.43. The Morgan fingerprint density at radius 2 is 1.83 bits per heavy atom. The molecule has 0 radical (unpaired) electrons. The van der Waals surface area contributed by atoms with Crippen LogP contribution < -0.4 is 10.2 Å². The SMILES string of the molecule is c1cn2c(n1)c(Nc1ccc(N3CCN(C4COC4)CC3)cc1)nc1ccc(-c3cn[nH]c3)cc12. The molecule has 7 rings (SSSR count). The largest absolute Gasteiger partial charge is 0.378 e. The Hall–Kier alpha value is -3.95. The molecule has 2 saturated heterocycles. The fraction of sp³-hybridized carbons (Fsp3) is 0.269. The molecule has 3 aromatic heterocycles. The minimum Gasteiger partial charge on any atom is -0.378 e. The number of piperazine rings is 1. The van der Waals surface area contributed by atoms with Crippen molar-refractivity contribution in [1.29, 1.82) is 0 Å². The fourth-order valence-electron chi connectivity index (χ4n) is 5.00. The van der Waals surface area contributed by atoms with E-state index in [1.807, 2.05) is 30.9 Å². The molecule has 0 spiro atoms. The van der Waals surface area contributed by atoms with Gasteiger partial charge < -0.3 is 15.0 Å². The molecule has 0 aliphatic carbocycles. The van der Waals surface area contributed by atoms with Crippen molar-refractivity contribution in [3.05, 3.63) is 67.3 Å². The van der Waals surface area contributed by atoms with E-state index in [0.29, 0.717) is 6.04 Å². The van der Waals surface area contributed by atoms with Crippen molar-refractivity contribution in [1.82, 2.24) is 29.5 Å². The van der Waals surface area contributed by atoms with Crippen LogP contribution in [0.1, 0.15) is 0 Å². The number of aromatic amines is 1. The standard InChI is InChI=1S/C26H26N8O/c1-6-23-24(13-18(1)19-14-28-29-15-19)34-8-7-27-26(34)25(31-23)30-20-2-4-21(5-3-20)32-9-11-33(12-10-32)22-16-35-17-22/h1-8,13-15,22H,9-12,16-17H2,(H,28,29)(H,30,31). The molecule has 0 bridgehead atoms. The number of fused-ring (bicyclic) bond motifs is 3. The molecule has 9 nitrogen and oxygen atoms in total. The number of ether oxygens (including phenoxy) is 1. The Bertz CT molecular complexity index is 1470. The van der Waals surface area contributed by atoms with Gasteiger partial charge >= 0.3 is 0 Å². The zero-order chi connectivity index (χ0) is 23.2. The van der Waals surface area contributed by atoms with E-state index >= 15 is 0 Å². The zero-order valence-corrected chi connectivity index (χ0v) is 19.3.